The van der Waals surface area contributed by atoms with Crippen LogP contribution in [-0.4, -0.2) is 63.2 Å². The van der Waals surface area contributed by atoms with Crippen molar-refractivity contribution in [3.05, 3.63) is 36.8 Å². The zero-order chi connectivity index (χ0) is 20.5. The Labute approximate surface area is 175 Å². The predicted molar refractivity (Wildman–Crippen MR) is 114 cm³/mol. The topological polar surface area (TPSA) is 103 Å². The van der Waals surface area contributed by atoms with E-state index in [2.05, 4.69) is 38.2 Å². The van der Waals surface area contributed by atoms with E-state index < -0.39 is 0 Å². The van der Waals surface area contributed by atoms with Crippen LogP contribution in [0.15, 0.2) is 36.8 Å². The second-order valence-electron chi connectivity index (χ2n) is 8.37. The van der Waals surface area contributed by atoms with E-state index in [-0.39, 0.29) is 12.1 Å². The minimum absolute atomic E-state index is 0.0872. The first kappa shape index (κ1) is 19.0. The lowest BCUT2D eigenvalue weighted by molar-refractivity contribution is -0.0673. The van der Waals surface area contributed by atoms with Gasteiger partial charge >= 0.3 is 0 Å². The standard InChI is InChI=1S/C22H25N7O/c1-14-7-16(11-29(10-14)20(8-23)15-12-30-13-15)27-21-17(3-2-5-24-21)19-9-26-22-18(28-19)4-6-25-22/h2-6,9,14-16,20H,7,10-13H2,1H3,(H,24,27)(H,25,26)/t14-,16-,20?/m0/s1. The van der Waals surface area contributed by atoms with Crippen LogP contribution in [-0.2, 0) is 4.74 Å². The number of pyridine rings is 1. The van der Waals surface area contributed by atoms with Crippen LogP contribution in [0.4, 0.5) is 5.82 Å². The van der Waals surface area contributed by atoms with Crippen LogP contribution in [0.5, 0.6) is 0 Å². The van der Waals surface area contributed by atoms with Crippen LogP contribution in [0.2, 0.25) is 0 Å². The molecule has 0 bridgehead atoms. The molecule has 2 saturated heterocycles. The normalized spacial score (nSPS) is 23.6. The van der Waals surface area contributed by atoms with Crippen molar-refractivity contribution in [3.63, 3.8) is 0 Å². The van der Waals surface area contributed by atoms with Gasteiger partial charge in [-0.2, -0.15) is 5.26 Å². The summed E-state index contributed by atoms with van der Waals surface area (Å²) in [5, 5.41) is 13.4. The summed E-state index contributed by atoms with van der Waals surface area (Å²) in [4.78, 5) is 19.2. The van der Waals surface area contributed by atoms with Gasteiger partial charge in [0.05, 0.1) is 31.2 Å². The van der Waals surface area contributed by atoms with Gasteiger partial charge in [-0.15, -0.1) is 0 Å². The van der Waals surface area contributed by atoms with Gasteiger partial charge in [0.1, 0.15) is 17.4 Å². The van der Waals surface area contributed by atoms with Gasteiger partial charge in [-0.1, -0.05) is 6.92 Å². The number of hydrogen-bond donors (Lipinski definition) is 2. The number of fused-ring (bicyclic) bond motifs is 1. The summed E-state index contributed by atoms with van der Waals surface area (Å²) in [6.07, 6.45) is 6.45. The van der Waals surface area contributed by atoms with Crippen LogP contribution >= 0.6 is 0 Å². The fourth-order valence-corrected chi connectivity index (χ4v) is 4.53. The Kier molecular flexibility index (Phi) is 5.07. The molecule has 3 aromatic rings. The minimum Gasteiger partial charge on any atom is -0.380 e. The number of nitriles is 1. The summed E-state index contributed by atoms with van der Waals surface area (Å²) in [5.74, 6) is 1.62. The molecule has 8 heteroatoms. The molecule has 30 heavy (non-hydrogen) atoms. The molecule has 2 aliphatic rings. The van der Waals surface area contributed by atoms with Crippen molar-refractivity contribution >= 4 is 17.0 Å². The van der Waals surface area contributed by atoms with E-state index in [4.69, 9.17) is 9.72 Å². The zero-order valence-electron chi connectivity index (χ0n) is 17.0. The van der Waals surface area contributed by atoms with Gasteiger partial charge in [-0.25, -0.2) is 15.0 Å². The van der Waals surface area contributed by atoms with Gasteiger partial charge in [0.15, 0.2) is 5.65 Å². The number of aromatic nitrogens is 4. The van der Waals surface area contributed by atoms with E-state index in [0.29, 0.717) is 25.0 Å². The number of likely N-dealkylation sites (tertiary alicyclic amines) is 1. The molecule has 154 valence electrons. The van der Waals surface area contributed by atoms with Crippen LogP contribution in [0.25, 0.3) is 22.4 Å². The van der Waals surface area contributed by atoms with Crippen LogP contribution < -0.4 is 5.32 Å². The van der Waals surface area contributed by atoms with Crippen molar-refractivity contribution in [2.75, 3.05) is 31.6 Å². The fourth-order valence-electron chi connectivity index (χ4n) is 4.53. The number of H-pyrrole nitrogens is 1. The third-order valence-electron chi connectivity index (χ3n) is 6.01. The third kappa shape index (κ3) is 3.62. The molecule has 2 aliphatic heterocycles. The van der Waals surface area contributed by atoms with Crippen molar-refractivity contribution in [2.24, 2.45) is 11.8 Å². The average Bonchev–Trinajstić information content (AvgIpc) is 3.18. The van der Waals surface area contributed by atoms with Gasteiger partial charge in [-0.05, 0) is 30.5 Å². The van der Waals surface area contributed by atoms with Crippen LogP contribution in [0.1, 0.15) is 13.3 Å². The van der Waals surface area contributed by atoms with Gasteiger partial charge in [0.25, 0.3) is 0 Å². The summed E-state index contributed by atoms with van der Waals surface area (Å²) < 4.78 is 5.33. The number of hydrogen-bond acceptors (Lipinski definition) is 7. The van der Waals surface area contributed by atoms with E-state index in [1.807, 2.05) is 24.4 Å². The Morgan fingerprint density at radius 3 is 3.00 bits per heavy atom. The molecular formula is C22H25N7O. The van der Waals surface area contributed by atoms with E-state index in [9.17, 15) is 5.26 Å². The Morgan fingerprint density at radius 1 is 1.30 bits per heavy atom. The largest absolute Gasteiger partial charge is 0.380 e. The van der Waals surface area contributed by atoms with Gasteiger partial charge < -0.3 is 15.0 Å². The highest BCUT2D eigenvalue weighted by molar-refractivity contribution is 5.78. The third-order valence-corrected chi connectivity index (χ3v) is 6.01. The lowest BCUT2D eigenvalue weighted by Crippen LogP contribution is -2.55. The fraction of sp³-hybridized carbons (Fsp3) is 0.455. The van der Waals surface area contributed by atoms with Gasteiger partial charge in [0, 0.05) is 43.0 Å². The Balaban J connectivity index is 1.38. The number of rotatable bonds is 5. The average molecular weight is 403 g/mol. The molecule has 0 aliphatic carbocycles. The number of nitrogens with zero attached hydrogens (tertiary/aromatic N) is 5. The van der Waals surface area contributed by atoms with E-state index in [1.165, 1.54) is 0 Å². The Morgan fingerprint density at radius 2 is 2.20 bits per heavy atom. The number of aromatic amines is 1. The summed E-state index contributed by atoms with van der Waals surface area (Å²) in [6.45, 7) is 5.38. The second-order valence-corrected chi connectivity index (χ2v) is 8.37. The molecule has 3 aromatic heterocycles. The molecule has 3 atom stereocenters. The molecule has 2 fully saturated rings. The maximum absolute atomic E-state index is 9.74. The summed E-state index contributed by atoms with van der Waals surface area (Å²) in [5.41, 5.74) is 3.33. The first-order chi connectivity index (χ1) is 14.7. The van der Waals surface area contributed by atoms with Crippen LogP contribution in [0.3, 0.4) is 0 Å². The molecule has 1 unspecified atom stereocenters. The van der Waals surface area contributed by atoms with Crippen LogP contribution in [0, 0.1) is 23.2 Å². The maximum atomic E-state index is 9.74. The van der Waals surface area contributed by atoms with Gasteiger partial charge in [0.2, 0.25) is 0 Å². The minimum atomic E-state index is -0.0872. The smallest absolute Gasteiger partial charge is 0.156 e. The van der Waals surface area contributed by atoms with Crippen molar-refractivity contribution in [3.8, 4) is 17.3 Å². The Bertz CT molecular complexity index is 1070. The number of anilines is 1. The number of piperidine rings is 1. The molecule has 0 saturated carbocycles. The molecule has 0 aromatic carbocycles. The van der Waals surface area contributed by atoms with Crippen molar-refractivity contribution in [2.45, 2.75) is 25.4 Å². The zero-order valence-corrected chi connectivity index (χ0v) is 17.0. The molecule has 0 radical (unpaired) electrons. The Hall–Kier alpha value is -3.02. The molecule has 8 nitrogen and oxygen atoms in total. The second kappa shape index (κ2) is 8.01. The van der Waals surface area contributed by atoms with Crippen molar-refractivity contribution < 1.29 is 4.74 Å². The quantitative estimate of drug-likeness (QED) is 0.675. The molecule has 0 spiro atoms. The molecular weight excluding hydrogens is 378 g/mol. The lowest BCUT2D eigenvalue weighted by atomic mass is 9.90. The highest BCUT2D eigenvalue weighted by Gasteiger charge is 2.37. The number of nitrogens with one attached hydrogen (secondary N) is 2. The first-order valence-electron chi connectivity index (χ1n) is 10.4. The van der Waals surface area contributed by atoms with Crippen molar-refractivity contribution in [1.29, 1.82) is 5.26 Å². The monoisotopic (exact) mass is 403 g/mol. The first-order valence-corrected chi connectivity index (χ1v) is 10.4. The van der Waals surface area contributed by atoms with Crippen molar-refractivity contribution in [1.82, 2.24) is 24.8 Å². The molecule has 5 heterocycles. The predicted octanol–water partition coefficient (Wildman–Crippen LogP) is 2.68. The molecule has 5 rings (SSSR count). The summed E-state index contributed by atoms with van der Waals surface area (Å²) >= 11 is 0. The van der Waals surface area contributed by atoms with E-state index in [0.717, 1.165) is 47.7 Å². The number of ether oxygens (including phenoxy) is 1. The molecule has 0 amide bonds. The van der Waals surface area contributed by atoms with E-state index >= 15 is 0 Å². The van der Waals surface area contributed by atoms with Gasteiger partial charge in [-0.3, -0.25) is 4.90 Å². The van der Waals surface area contributed by atoms with E-state index in [1.54, 1.807) is 12.4 Å². The molecule has 2 N–H and O–H groups in total. The summed E-state index contributed by atoms with van der Waals surface area (Å²) in [7, 11) is 0. The SMILES string of the molecule is C[C@H]1C[C@H](Nc2ncccc2-c2cnc3[nH]ccc3n2)CN(C(C#N)C2COC2)C1. The highest BCUT2D eigenvalue weighted by atomic mass is 16.5. The summed E-state index contributed by atoms with van der Waals surface area (Å²) in [6, 6.07) is 8.49. The lowest BCUT2D eigenvalue weighted by Gasteiger charge is -2.43. The highest BCUT2D eigenvalue weighted by Crippen LogP contribution is 2.29. The maximum Gasteiger partial charge on any atom is 0.156 e.